The molecule has 0 saturated carbocycles. The summed E-state index contributed by atoms with van der Waals surface area (Å²) >= 11 is 0. The average molecular weight is 275 g/mol. The Morgan fingerprint density at radius 3 is 2.40 bits per heavy atom. The Morgan fingerprint density at radius 1 is 1.00 bits per heavy atom. The smallest absolute Gasteiger partial charge is 0.0594 e. The fraction of sp³-hybridized carbons (Fsp3) is 0.625. The molecule has 0 radical (unpaired) electrons. The van der Waals surface area contributed by atoms with Crippen LogP contribution in [0.15, 0.2) is 30.3 Å². The van der Waals surface area contributed by atoms with E-state index >= 15 is 0 Å². The van der Waals surface area contributed by atoms with Gasteiger partial charge in [0.05, 0.1) is 13.2 Å². The molecule has 110 valence electrons. The molecule has 0 aromatic heterocycles. The summed E-state index contributed by atoms with van der Waals surface area (Å²) in [5, 5.41) is 3.45. The average Bonchev–Trinajstić information content (AvgIpc) is 2.55. The monoisotopic (exact) mass is 275 g/mol. The Bertz CT molecular complexity index is 386. The zero-order valence-corrected chi connectivity index (χ0v) is 12.1. The van der Waals surface area contributed by atoms with Gasteiger partial charge in [-0.1, -0.05) is 30.3 Å². The number of hydrogen-bond donors (Lipinski definition) is 1. The minimum atomic E-state index is 0.511. The highest BCUT2D eigenvalue weighted by atomic mass is 16.5. The fourth-order valence-electron chi connectivity index (χ4n) is 3.13. The minimum Gasteiger partial charge on any atom is -0.379 e. The van der Waals surface area contributed by atoms with Crippen LogP contribution in [-0.4, -0.2) is 68.8 Å². The van der Waals surface area contributed by atoms with E-state index in [0.29, 0.717) is 6.04 Å². The van der Waals surface area contributed by atoms with Gasteiger partial charge in [-0.2, -0.15) is 0 Å². The molecule has 1 aromatic rings. The molecule has 0 aliphatic carbocycles. The van der Waals surface area contributed by atoms with Crippen LogP contribution in [-0.2, 0) is 4.74 Å². The lowest BCUT2D eigenvalue weighted by atomic mass is 10.0. The van der Waals surface area contributed by atoms with Crippen LogP contribution in [0.1, 0.15) is 11.6 Å². The Morgan fingerprint density at radius 2 is 1.70 bits per heavy atom. The maximum absolute atomic E-state index is 5.47. The molecule has 0 spiro atoms. The van der Waals surface area contributed by atoms with Crippen molar-refractivity contribution in [1.29, 1.82) is 0 Å². The van der Waals surface area contributed by atoms with Gasteiger partial charge in [-0.25, -0.2) is 0 Å². The van der Waals surface area contributed by atoms with Crippen LogP contribution in [0.5, 0.6) is 0 Å². The largest absolute Gasteiger partial charge is 0.379 e. The lowest BCUT2D eigenvalue weighted by Gasteiger charge is -2.39. The Kier molecular flexibility index (Phi) is 5.03. The van der Waals surface area contributed by atoms with Crippen LogP contribution >= 0.6 is 0 Å². The summed E-state index contributed by atoms with van der Waals surface area (Å²) in [6.45, 7) is 9.50. The van der Waals surface area contributed by atoms with Gasteiger partial charge in [0, 0.05) is 51.9 Å². The fourth-order valence-corrected chi connectivity index (χ4v) is 3.13. The second-order valence-electron chi connectivity index (χ2n) is 5.63. The molecule has 4 heteroatoms. The van der Waals surface area contributed by atoms with Crippen LogP contribution < -0.4 is 5.32 Å². The van der Waals surface area contributed by atoms with Crippen molar-refractivity contribution in [2.24, 2.45) is 0 Å². The van der Waals surface area contributed by atoms with E-state index in [1.54, 1.807) is 0 Å². The van der Waals surface area contributed by atoms with Crippen molar-refractivity contribution in [3.8, 4) is 0 Å². The van der Waals surface area contributed by atoms with Crippen LogP contribution in [0.25, 0.3) is 0 Å². The molecule has 0 bridgehead atoms. The molecule has 1 atom stereocenters. The molecule has 2 fully saturated rings. The van der Waals surface area contributed by atoms with Crippen molar-refractivity contribution < 1.29 is 4.74 Å². The number of morpholine rings is 1. The predicted octanol–water partition coefficient (Wildman–Crippen LogP) is 0.965. The summed E-state index contributed by atoms with van der Waals surface area (Å²) in [5.41, 5.74) is 1.45. The molecule has 1 unspecified atom stereocenters. The summed E-state index contributed by atoms with van der Waals surface area (Å²) in [7, 11) is 0. The Hall–Kier alpha value is -0.940. The maximum atomic E-state index is 5.47. The first-order chi connectivity index (χ1) is 9.93. The third kappa shape index (κ3) is 3.58. The molecule has 20 heavy (non-hydrogen) atoms. The normalized spacial score (nSPS) is 23.6. The molecule has 1 N–H and O–H groups in total. The van der Waals surface area contributed by atoms with Gasteiger partial charge >= 0.3 is 0 Å². The quantitative estimate of drug-likeness (QED) is 0.886. The van der Waals surface area contributed by atoms with Crippen LogP contribution in [0.2, 0.25) is 0 Å². The Labute approximate surface area is 121 Å². The highest BCUT2D eigenvalue weighted by Gasteiger charge is 2.25. The number of piperazine rings is 1. The third-order valence-electron chi connectivity index (χ3n) is 4.31. The van der Waals surface area contributed by atoms with E-state index in [1.807, 2.05) is 0 Å². The first kappa shape index (κ1) is 14.0. The van der Waals surface area contributed by atoms with Crippen molar-refractivity contribution in [3.05, 3.63) is 35.9 Å². The van der Waals surface area contributed by atoms with Crippen LogP contribution in [0, 0.1) is 0 Å². The zero-order chi connectivity index (χ0) is 13.6. The summed E-state index contributed by atoms with van der Waals surface area (Å²) in [4.78, 5) is 5.17. The molecule has 3 rings (SSSR count). The molecule has 1 aromatic carbocycles. The van der Waals surface area contributed by atoms with E-state index in [0.717, 1.165) is 59.0 Å². The van der Waals surface area contributed by atoms with Crippen LogP contribution in [0.3, 0.4) is 0 Å². The lowest BCUT2D eigenvalue weighted by molar-refractivity contribution is 0.0206. The summed E-state index contributed by atoms with van der Waals surface area (Å²) in [6.07, 6.45) is 0. The van der Waals surface area contributed by atoms with E-state index in [2.05, 4.69) is 45.4 Å². The number of nitrogens with one attached hydrogen (secondary N) is 1. The number of hydrogen-bond acceptors (Lipinski definition) is 4. The first-order valence-corrected chi connectivity index (χ1v) is 7.73. The second kappa shape index (κ2) is 7.18. The summed E-state index contributed by atoms with van der Waals surface area (Å²) in [5.74, 6) is 0. The van der Waals surface area contributed by atoms with Crippen LogP contribution in [0.4, 0.5) is 0 Å². The number of benzene rings is 1. The highest BCUT2D eigenvalue weighted by molar-refractivity contribution is 5.19. The van der Waals surface area contributed by atoms with E-state index in [1.165, 1.54) is 5.56 Å². The van der Waals surface area contributed by atoms with E-state index in [-0.39, 0.29) is 0 Å². The van der Waals surface area contributed by atoms with E-state index in [4.69, 9.17) is 4.74 Å². The van der Waals surface area contributed by atoms with Crippen molar-refractivity contribution >= 4 is 0 Å². The van der Waals surface area contributed by atoms with Crippen molar-refractivity contribution in [2.75, 3.05) is 59.0 Å². The molecule has 2 heterocycles. The topological polar surface area (TPSA) is 27.7 Å². The van der Waals surface area contributed by atoms with Gasteiger partial charge < -0.3 is 10.1 Å². The molecular weight excluding hydrogens is 250 g/mol. The standard InChI is InChI=1S/C16H25N3O/c1-2-4-15(5-3-1)16(19-8-6-17-7-9-19)14-18-10-12-20-13-11-18/h1-5,16-17H,6-14H2. The van der Waals surface area contributed by atoms with Gasteiger partial charge in [-0.15, -0.1) is 0 Å². The number of ether oxygens (including phenoxy) is 1. The first-order valence-electron chi connectivity index (χ1n) is 7.73. The van der Waals surface area contributed by atoms with Gasteiger partial charge in [0.2, 0.25) is 0 Å². The Balaban J connectivity index is 1.72. The summed E-state index contributed by atoms with van der Waals surface area (Å²) < 4.78 is 5.47. The molecule has 4 nitrogen and oxygen atoms in total. The summed E-state index contributed by atoms with van der Waals surface area (Å²) in [6, 6.07) is 11.5. The van der Waals surface area contributed by atoms with Gasteiger partial charge in [0.15, 0.2) is 0 Å². The molecule has 0 amide bonds. The SMILES string of the molecule is c1ccc(C(CN2CCOCC2)N2CCNCC2)cc1. The molecule has 2 aliphatic rings. The van der Waals surface area contributed by atoms with Crippen molar-refractivity contribution in [1.82, 2.24) is 15.1 Å². The highest BCUT2D eigenvalue weighted by Crippen LogP contribution is 2.22. The van der Waals surface area contributed by atoms with Gasteiger partial charge in [0.25, 0.3) is 0 Å². The number of nitrogens with zero attached hydrogens (tertiary/aromatic N) is 2. The zero-order valence-electron chi connectivity index (χ0n) is 12.1. The van der Waals surface area contributed by atoms with Gasteiger partial charge in [-0.05, 0) is 5.56 Å². The van der Waals surface area contributed by atoms with Crippen molar-refractivity contribution in [3.63, 3.8) is 0 Å². The minimum absolute atomic E-state index is 0.511. The van der Waals surface area contributed by atoms with E-state index in [9.17, 15) is 0 Å². The molecule has 2 aliphatic heterocycles. The maximum Gasteiger partial charge on any atom is 0.0594 e. The predicted molar refractivity (Wildman–Crippen MR) is 80.9 cm³/mol. The van der Waals surface area contributed by atoms with Gasteiger partial charge in [-0.3, -0.25) is 9.80 Å². The molecule has 2 saturated heterocycles. The van der Waals surface area contributed by atoms with Gasteiger partial charge in [0.1, 0.15) is 0 Å². The lowest BCUT2D eigenvalue weighted by Crippen LogP contribution is -2.49. The third-order valence-corrected chi connectivity index (χ3v) is 4.31. The van der Waals surface area contributed by atoms with Crippen molar-refractivity contribution in [2.45, 2.75) is 6.04 Å². The molecular formula is C16H25N3O. The van der Waals surface area contributed by atoms with E-state index < -0.39 is 0 Å². The number of rotatable bonds is 4. The second-order valence-corrected chi connectivity index (χ2v) is 5.63.